The van der Waals surface area contributed by atoms with Crippen molar-refractivity contribution < 1.29 is 19.4 Å². The van der Waals surface area contributed by atoms with Crippen molar-refractivity contribution in [3.63, 3.8) is 0 Å². The minimum absolute atomic E-state index is 0.248. The van der Waals surface area contributed by atoms with Crippen LogP contribution < -0.4 is 14.8 Å². The minimum atomic E-state index is -0.947. The maximum Gasteiger partial charge on any atom is 0.335 e. The Balaban J connectivity index is 2.16. The number of hydrogen-bond donors (Lipinski definition) is 2. The molecule has 0 spiro atoms. The molecule has 2 rings (SSSR count). The lowest BCUT2D eigenvalue weighted by Crippen LogP contribution is -2.04. The highest BCUT2D eigenvalue weighted by molar-refractivity contribution is 5.88. The lowest BCUT2D eigenvalue weighted by molar-refractivity contribution is 0.0697. The van der Waals surface area contributed by atoms with Gasteiger partial charge in [0, 0.05) is 17.8 Å². The second-order valence-electron chi connectivity index (χ2n) is 4.39. The Hall–Kier alpha value is -2.69. The summed E-state index contributed by atoms with van der Waals surface area (Å²) in [7, 11) is 3.18. The molecule has 0 aliphatic heterocycles. The Kier molecular flexibility index (Phi) is 4.66. The van der Waals surface area contributed by atoms with Gasteiger partial charge in [-0.05, 0) is 24.3 Å². The number of ether oxygens (including phenoxy) is 2. The molecule has 110 valence electrons. The Bertz CT molecular complexity index is 640. The molecule has 0 amide bonds. The Morgan fingerprint density at radius 1 is 1.14 bits per heavy atom. The molecule has 0 heterocycles. The minimum Gasteiger partial charge on any atom is -0.493 e. The molecule has 0 radical (unpaired) electrons. The average Bonchev–Trinajstić information content (AvgIpc) is 2.52. The number of carbonyl (C=O) groups is 1. The van der Waals surface area contributed by atoms with Crippen LogP contribution in [0.2, 0.25) is 0 Å². The molecule has 0 aliphatic rings. The van der Waals surface area contributed by atoms with E-state index in [4.69, 9.17) is 14.6 Å². The number of nitrogens with one attached hydrogen (secondary N) is 1. The molecule has 0 aliphatic carbocycles. The summed E-state index contributed by atoms with van der Waals surface area (Å²) in [6, 6.07) is 12.3. The zero-order valence-corrected chi connectivity index (χ0v) is 11.9. The molecule has 0 atom stereocenters. The summed E-state index contributed by atoms with van der Waals surface area (Å²) in [6.07, 6.45) is 0. The molecule has 2 N–H and O–H groups in total. The van der Waals surface area contributed by atoms with Gasteiger partial charge < -0.3 is 19.9 Å². The van der Waals surface area contributed by atoms with Crippen LogP contribution in [0.4, 0.5) is 5.69 Å². The maximum atomic E-state index is 10.9. The largest absolute Gasteiger partial charge is 0.493 e. The van der Waals surface area contributed by atoms with Crippen molar-refractivity contribution in [3.8, 4) is 11.5 Å². The van der Waals surface area contributed by atoms with E-state index in [0.29, 0.717) is 18.0 Å². The smallest absolute Gasteiger partial charge is 0.335 e. The second kappa shape index (κ2) is 6.65. The topological polar surface area (TPSA) is 67.8 Å². The molecule has 0 fully saturated rings. The third-order valence-corrected chi connectivity index (χ3v) is 3.08. The van der Waals surface area contributed by atoms with Crippen molar-refractivity contribution in [3.05, 3.63) is 53.6 Å². The van der Waals surface area contributed by atoms with Gasteiger partial charge in [-0.15, -0.1) is 0 Å². The van der Waals surface area contributed by atoms with Crippen LogP contribution in [-0.4, -0.2) is 25.3 Å². The zero-order chi connectivity index (χ0) is 15.2. The number of methoxy groups -OCH3 is 2. The fourth-order valence-electron chi connectivity index (χ4n) is 2.05. The van der Waals surface area contributed by atoms with E-state index in [1.807, 2.05) is 24.3 Å². The summed E-state index contributed by atoms with van der Waals surface area (Å²) in [6.45, 7) is 0.503. The number of para-hydroxylation sites is 1. The molecule has 2 aromatic rings. The fourth-order valence-corrected chi connectivity index (χ4v) is 2.05. The van der Waals surface area contributed by atoms with Crippen LogP contribution in [0, 0.1) is 0 Å². The third-order valence-electron chi connectivity index (χ3n) is 3.08. The summed E-state index contributed by atoms with van der Waals surface area (Å²) >= 11 is 0. The quantitative estimate of drug-likeness (QED) is 0.854. The molecule has 21 heavy (non-hydrogen) atoms. The van der Waals surface area contributed by atoms with E-state index >= 15 is 0 Å². The summed E-state index contributed by atoms with van der Waals surface area (Å²) < 4.78 is 10.6. The molecular formula is C16H17NO4. The van der Waals surface area contributed by atoms with Gasteiger partial charge >= 0.3 is 5.97 Å². The SMILES string of the molecule is COc1cccc(CNc2cccc(C(=O)O)c2)c1OC. The standard InChI is InChI=1S/C16H17NO4/c1-20-14-8-4-6-12(15(14)21-2)10-17-13-7-3-5-11(9-13)16(18)19/h3-9,17H,10H2,1-2H3,(H,18,19). The van der Waals surface area contributed by atoms with Crippen molar-refractivity contribution >= 4 is 11.7 Å². The van der Waals surface area contributed by atoms with Gasteiger partial charge in [0.2, 0.25) is 0 Å². The summed E-state index contributed by atoms with van der Waals surface area (Å²) in [4.78, 5) is 10.9. The highest BCUT2D eigenvalue weighted by atomic mass is 16.5. The normalized spacial score (nSPS) is 10.0. The van der Waals surface area contributed by atoms with Crippen molar-refractivity contribution in [2.45, 2.75) is 6.54 Å². The molecule has 0 saturated carbocycles. The van der Waals surface area contributed by atoms with Gasteiger partial charge in [0.05, 0.1) is 19.8 Å². The van der Waals surface area contributed by atoms with Crippen LogP contribution >= 0.6 is 0 Å². The number of anilines is 1. The zero-order valence-electron chi connectivity index (χ0n) is 11.9. The number of carboxylic acid groups (broad SMARTS) is 1. The first-order valence-electron chi connectivity index (χ1n) is 6.42. The van der Waals surface area contributed by atoms with E-state index in [-0.39, 0.29) is 5.56 Å². The van der Waals surface area contributed by atoms with Gasteiger partial charge in [0.15, 0.2) is 11.5 Å². The maximum absolute atomic E-state index is 10.9. The van der Waals surface area contributed by atoms with Gasteiger partial charge in [-0.2, -0.15) is 0 Å². The number of rotatable bonds is 6. The van der Waals surface area contributed by atoms with E-state index in [9.17, 15) is 4.79 Å². The summed E-state index contributed by atoms with van der Waals surface area (Å²) in [5.41, 5.74) is 1.91. The molecule has 0 bridgehead atoms. The number of benzene rings is 2. The number of carboxylic acids is 1. The van der Waals surface area contributed by atoms with Crippen molar-refractivity contribution in [1.82, 2.24) is 0 Å². The highest BCUT2D eigenvalue weighted by Crippen LogP contribution is 2.31. The Morgan fingerprint density at radius 2 is 1.90 bits per heavy atom. The van der Waals surface area contributed by atoms with Crippen LogP contribution in [0.5, 0.6) is 11.5 Å². The summed E-state index contributed by atoms with van der Waals surface area (Å²) in [5.74, 6) is 0.385. The van der Waals surface area contributed by atoms with Crippen molar-refractivity contribution in [2.24, 2.45) is 0 Å². The lowest BCUT2D eigenvalue weighted by atomic mass is 10.1. The highest BCUT2D eigenvalue weighted by Gasteiger charge is 2.09. The number of hydrogen-bond acceptors (Lipinski definition) is 4. The van der Waals surface area contributed by atoms with Crippen LogP contribution in [0.1, 0.15) is 15.9 Å². The molecule has 5 nitrogen and oxygen atoms in total. The third kappa shape index (κ3) is 3.45. The fraction of sp³-hybridized carbons (Fsp3) is 0.188. The van der Waals surface area contributed by atoms with E-state index in [2.05, 4.69) is 5.32 Å². The molecule has 2 aromatic carbocycles. The van der Waals surface area contributed by atoms with Crippen LogP contribution in [-0.2, 0) is 6.54 Å². The molecule has 0 aromatic heterocycles. The number of aromatic carboxylic acids is 1. The van der Waals surface area contributed by atoms with E-state index in [1.54, 1.807) is 32.4 Å². The van der Waals surface area contributed by atoms with Gasteiger partial charge in [-0.25, -0.2) is 4.79 Å². The summed E-state index contributed by atoms with van der Waals surface area (Å²) in [5, 5.41) is 12.2. The molecular weight excluding hydrogens is 270 g/mol. The second-order valence-corrected chi connectivity index (χ2v) is 4.39. The van der Waals surface area contributed by atoms with Crippen molar-refractivity contribution in [1.29, 1.82) is 0 Å². The van der Waals surface area contributed by atoms with Crippen LogP contribution in [0.15, 0.2) is 42.5 Å². The van der Waals surface area contributed by atoms with Crippen LogP contribution in [0.3, 0.4) is 0 Å². The monoisotopic (exact) mass is 287 g/mol. The van der Waals surface area contributed by atoms with E-state index in [0.717, 1.165) is 11.3 Å². The Morgan fingerprint density at radius 3 is 2.57 bits per heavy atom. The van der Waals surface area contributed by atoms with Gasteiger partial charge in [0.25, 0.3) is 0 Å². The Labute approximate surface area is 123 Å². The van der Waals surface area contributed by atoms with Crippen LogP contribution in [0.25, 0.3) is 0 Å². The predicted octanol–water partition coefficient (Wildman–Crippen LogP) is 3.01. The molecule has 0 unspecified atom stereocenters. The first-order valence-corrected chi connectivity index (χ1v) is 6.42. The molecule has 5 heteroatoms. The van der Waals surface area contributed by atoms with E-state index < -0.39 is 5.97 Å². The first kappa shape index (κ1) is 14.7. The van der Waals surface area contributed by atoms with E-state index in [1.165, 1.54) is 0 Å². The van der Waals surface area contributed by atoms with Gasteiger partial charge in [0.1, 0.15) is 0 Å². The average molecular weight is 287 g/mol. The first-order chi connectivity index (χ1) is 10.2. The van der Waals surface area contributed by atoms with Gasteiger partial charge in [-0.3, -0.25) is 0 Å². The lowest BCUT2D eigenvalue weighted by Gasteiger charge is -2.13. The molecule has 0 saturated heterocycles. The van der Waals surface area contributed by atoms with Gasteiger partial charge in [-0.1, -0.05) is 18.2 Å². The predicted molar refractivity (Wildman–Crippen MR) is 80.3 cm³/mol. The van der Waals surface area contributed by atoms with Crippen molar-refractivity contribution in [2.75, 3.05) is 19.5 Å².